The maximum atomic E-state index is 12.0. The van der Waals surface area contributed by atoms with Crippen molar-refractivity contribution in [1.82, 2.24) is 19.8 Å². The van der Waals surface area contributed by atoms with E-state index in [1.54, 1.807) is 4.68 Å². The van der Waals surface area contributed by atoms with Crippen LogP contribution in [-0.4, -0.2) is 36.5 Å². The number of sulfonamides is 1. The Morgan fingerprint density at radius 3 is 3.00 bits per heavy atom. The molecule has 1 aromatic heterocycles. The van der Waals surface area contributed by atoms with Crippen molar-refractivity contribution in [2.45, 2.75) is 38.8 Å². The zero-order valence-corrected chi connectivity index (χ0v) is 12.3. The summed E-state index contributed by atoms with van der Waals surface area (Å²) in [7, 11) is -1.38. The predicted octanol–water partition coefficient (Wildman–Crippen LogP) is 0.154. The minimum atomic E-state index is -3.23. The van der Waals surface area contributed by atoms with E-state index >= 15 is 0 Å². The zero-order valence-electron chi connectivity index (χ0n) is 11.5. The Morgan fingerprint density at radius 2 is 2.37 bits per heavy atom. The number of rotatable bonds is 6. The number of hydrogen-bond donors (Lipinski definition) is 2. The molecule has 108 valence electrons. The summed E-state index contributed by atoms with van der Waals surface area (Å²) in [6.07, 6.45) is 4.67. The van der Waals surface area contributed by atoms with Gasteiger partial charge in [0.15, 0.2) is 0 Å². The molecule has 0 spiro atoms. The van der Waals surface area contributed by atoms with Crippen LogP contribution in [0.4, 0.5) is 0 Å². The Morgan fingerprint density at radius 1 is 1.58 bits per heavy atom. The molecule has 1 aromatic rings. The average Bonchev–Trinajstić information content (AvgIpc) is 2.95. The predicted molar refractivity (Wildman–Crippen MR) is 74.2 cm³/mol. The number of aryl methyl sites for hydroxylation is 2. The number of nitrogens with one attached hydrogen (secondary N) is 2. The van der Waals surface area contributed by atoms with Gasteiger partial charge < -0.3 is 5.32 Å². The topological polar surface area (TPSA) is 76.0 Å². The molecule has 7 heteroatoms. The minimum absolute atomic E-state index is 0.0945. The molecule has 0 aliphatic carbocycles. The normalized spacial score (nSPS) is 20.0. The highest BCUT2D eigenvalue weighted by Crippen LogP contribution is 2.09. The van der Waals surface area contributed by atoms with Gasteiger partial charge in [-0.05, 0) is 25.8 Å². The van der Waals surface area contributed by atoms with Gasteiger partial charge in [0, 0.05) is 31.4 Å². The Hall–Kier alpha value is -0.920. The fourth-order valence-corrected chi connectivity index (χ4v) is 3.75. The lowest BCUT2D eigenvalue weighted by Gasteiger charge is -2.11. The molecule has 2 heterocycles. The van der Waals surface area contributed by atoms with Gasteiger partial charge >= 0.3 is 0 Å². The Bertz CT molecular complexity index is 518. The first kappa shape index (κ1) is 14.5. The van der Waals surface area contributed by atoms with Crippen molar-refractivity contribution in [2.24, 2.45) is 7.05 Å². The highest BCUT2D eigenvalue weighted by atomic mass is 32.2. The third-order valence-electron chi connectivity index (χ3n) is 3.39. The molecule has 1 aliphatic rings. The molecule has 1 fully saturated rings. The maximum absolute atomic E-state index is 12.0. The number of aromatic nitrogens is 2. The van der Waals surface area contributed by atoms with Gasteiger partial charge in [-0.3, -0.25) is 4.68 Å². The molecule has 0 saturated carbocycles. The Kier molecular flexibility index (Phi) is 4.59. The molecule has 0 radical (unpaired) electrons. The van der Waals surface area contributed by atoms with Crippen molar-refractivity contribution >= 4 is 10.0 Å². The van der Waals surface area contributed by atoms with Crippen LogP contribution in [0.1, 0.15) is 31.0 Å². The first-order valence-corrected chi connectivity index (χ1v) is 8.37. The summed E-state index contributed by atoms with van der Waals surface area (Å²) in [6.45, 7) is 3.26. The van der Waals surface area contributed by atoms with Crippen LogP contribution in [-0.2, 0) is 30.0 Å². The molecule has 0 amide bonds. The van der Waals surface area contributed by atoms with Crippen LogP contribution < -0.4 is 10.0 Å². The molecule has 1 atom stereocenters. The van der Waals surface area contributed by atoms with Crippen LogP contribution in [0, 0.1) is 0 Å². The fraction of sp³-hybridized carbons (Fsp3) is 0.750. The SMILES string of the molecule is CCc1nn(C)cc1CNS(=O)(=O)CC1CCCN1. The molecule has 6 nitrogen and oxygen atoms in total. The molecule has 2 N–H and O–H groups in total. The highest BCUT2D eigenvalue weighted by Gasteiger charge is 2.22. The summed E-state index contributed by atoms with van der Waals surface area (Å²) >= 11 is 0. The molecule has 0 aromatic carbocycles. The molecule has 1 aliphatic heterocycles. The van der Waals surface area contributed by atoms with Crippen LogP contribution in [0.2, 0.25) is 0 Å². The van der Waals surface area contributed by atoms with Crippen molar-refractivity contribution in [2.75, 3.05) is 12.3 Å². The van der Waals surface area contributed by atoms with E-state index in [1.807, 2.05) is 20.2 Å². The third-order valence-corrected chi connectivity index (χ3v) is 4.82. The van der Waals surface area contributed by atoms with Gasteiger partial charge in [-0.1, -0.05) is 6.92 Å². The van der Waals surface area contributed by atoms with E-state index in [2.05, 4.69) is 15.1 Å². The van der Waals surface area contributed by atoms with Crippen LogP contribution in [0.15, 0.2) is 6.20 Å². The molecule has 0 bridgehead atoms. The van der Waals surface area contributed by atoms with Crippen molar-refractivity contribution in [1.29, 1.82) is 0 Å². The van der Waals surface area contributed by atoms with E-state index in [4.69, 9.17) is 0 Å². The van der Waals surface area contributed by atoms with Gasteiger partial charge in [0.05, 0.1) is 11.4 Å². The average molecular weight is 286 g/mol. The second-order valence-corrected chi connectivity index (χ2v) is 6.88. The lowest BCUT2D eigenvalue weighted by atomic mass is 10.2. The van der Waals surface area contributed by atoms with Gasteiger partial charge in [-0.15, -0.1) is 0 Å². The van der Waals surface area contributed by atoms with Crippen LogP contribution in [0.5, 0.6) is 0 Å². The summed E-state index contributed by atoms with van der Waals surface area (Å²) in [5, 5.41) is 7.50. The second-order valence-electron chi connectivity index (χ2n) is 5.02. The Balaban J connectivity index is 1.92. The first-order chi connectivity index (χ1) is 9.00. The van der Waals surface area contributed by atoms with E-state index in [-0.39, 0.29) is 11.8 Å². The first-order valence-electron chi connectivity index (χ1n) is 6.72. The third kappa shape index (κ3) is 4.02. The van der Waals surface area contributed by atoms with E-state index in [0.29, 0.717) is 6.54 Å². The van der Waals surface area contributed by atoms with Gasteiger partial charge in [0.25, 0.3) is 0 Å². The van der Waals surface area contributed by atoms with Gasteiger partial charge in [-0.25, -0.2) is 13.1 Å². The maximum Gasteiger partial charge on any atom is 0.213 e. The zero-order chi connectivity index (χ0) is 13.9. The monoisotopic (exact) mass is 286 g/mol. The second kappa shape index (κ2) is 6.02. The molecule has 2 rings (SSSR count). The Labute approximate surface area is 114 Å². The van der Waals surface area contributed by atoms with Crippen molar-refractivity contribution in [3.63, 3.8) is 0 Å². The summed E-state index contributed by atoms with van der Waals surface area (Å²) in [6, 6.07) is 0.0945. The van der Waals surface area contributed by atoms with E-state index in [0.717, 1.165) is 37.1 Å². The standard InChI is InChI=1S/C12H22N4O2S/c1-3-12-10(8-16(2)15-12)7-14-19(17,18)9-11-5-4-6-13-11/h8,11,13-14H,3-7,9H2,1-2H3. The lowest BCUT2D eigenvalue weighted by Crippen LogP contribution is -2.36. The minimum Gasteiger partial charge on any atom is -0.313 e. The van der Waals surface area contributed by atoms with Crippen molar-refractivity contribution in [3.05, 3.63) is 17.5 Å². The summed E-state index contributed by atoms with van der Waals surface area (Å²) < 4.78 is 28.4. The molecule has 1 saturated heterocycles. The van der Waals surface area contributed by atoms with Crippen molar-refractivity contribution in [3.8, 4) is 0 Å². The quantitative estimate of drug-likeness (QED) is 0.781. The number of nitrogens with zero attached hydrogens (tertiary/aromatic N) is 2. The lowest BCUT2D eigenvalue weighted by molar-refractivity contribution is 0.563. The van der Waals surface area contributed by atoms with E-state index < -0.39 is 10.0 Å². The van der Waals surface area contributed by atoms with E-state index in [9.17, 15) is 8.42 Å². The summed E-state index contributed by atoms with van der Waals surface area (Å²) in [5.74, 6) is 0.161. The molecular formula is C12H22N4O2S. The fourth-order valence-electron chi connectivity index (χ4n) is 2.44. The van der Waals surface area contributed by atoms with Gasteiger partial charge in [-0.2, -0.15) is 5.10 Å². The van der Waals surface area contributed by atoms with Crippen LogP contribution in [0.25, 0.3) is 0 Å². The van der Waals surface area contributed by atoms with Crippen molar-refractivity contribution < 1.29 is 8.42 Å². The molecule has 1 unspecified atom stereocenters. The largest absolute Gasteiger partial charge is 0.313 e. The van der Waals surface area contributed by atoms with Crippen LogP contribution >= 0.6 is 0 Å². The van der Waals surface area contributed by atoms with Crippen LogP contribution in [0.3, 0.4) is 0 Å². The highest BCUT2D eigenvalue weighted by molar-refractivity contribution is 7.89. The van der Waals surface area contributed by atoms with E-state index in [1.165, 1.54) is 0 Å². The number of hydrogen-bond acceptors (Lipinski definition) is 4. The molecule has 19 heavy (non-hydrogen) atoms. The summed E-state index contributed by atoms with van der Waals surface area (Å²) in [4.78, 5) is 0. The smallest absolute Gasteiger partial charge is 0.213 e. The van der Waals surface area contributed by atoms with Gasteiger partial charge in [0.2, 0.25) is 10.0 Å². The van der Waals surface area contributed by atoms with Gasteiger partial charge in [0.1, 0.15) is 0 Å². The molecular weight excluding hydrogens is 264 g/mol. The summed E-state index contributed by atoms with van der Waals surface area (Å²) in [5.41, 5.74) is 1.90.